The van der Waals surface area contributed by atoms with E-state index in [-0.39, 0.29) is 5.54 Å². The number of aldehydes is 1. The van der Waals surface area contributed by atoms with E-state index in [1.807, 2.05) is 18.2 Å². The lowest BCUT2D eigenvalue weighted by atomic mass is 9.83. The van der Waals surface area contributed by atoms with Gasteiger partial charge < -0.3 is 10.1 Å². The molecule has 0 saturated heterocycles. The minimum atomic E-state index is -0.100. The molecule has 0 spiro atoms. The molecule has 0 unspecified atom stereocenters. The van der Waals surface area contributed by atoms with Gasteiger partial charge in [-0.15, -0.1) is 13.2 Å². The van der Waals surface area contributed by atoms with Crippen molar-refractivity contribution in [3.63, 3.8) is 0 Å². The highest BCUT2D eigenvalue weighted by Crippen LogP contribution is 2.27. The highest BCUT2D eigenvalue weighted by molar-refractivity contribution is 5.49. The van der Waals surface area contributed by atoms with Crippen LogP contribution in [0.1, 0.15) is 50.5 Å². The van der Waals surface area contributed by atoms with Crippen LogP contribution in [-0.4, -0.2) is 11.8 Å². The van der Waals surface area contributed by atoms with Crippen LogP contribution in [0.5, 0.6) is 0 Å². The van der Waals surface area contributed by atoms with E-state index in [1.54, 1.807) is 0 Å². The zero-order chi connectivity index (χ0) is 17.7. The molecule has 0 heterocycles. The lowest BCUT2D eigenvalue weighted by Crippen LogP contribution is -2.44. The molecule has 0 aliphatic rings. The number of carbonyl (C=O) groups excluding carboxylic acids is 1. The Balaban J connectivity index is 2.71. The Hall–Kier alpha value is -2.09. The Morgan fingerprint density at radius 2 is 1.58 bits per heavy atom. The Labute approximate surface area is 147 Å². The zero-order valence-corrected chi connectivity index (χ0v) is 14.8. The SMILES string of the molecule is C=CCCC(CCC=C)(CCC=O)NC(=C)CCc1ccccc1. The number of carbonyl (C=O) groups is 1. The molecule has 2 nitrogen and oxygen atoms in total. The van der Waals surface area contributed by atoms with Gasteiger partial charge in [0.05, 0.1) is 0 Å². The van der Waals surface area contributed by atoms with E-state index in [0.29, 0.717) is 6.42 Å². The van der Waals surface area contributed by atoms with Gasteiger partial charge in [0, 0.05) is 17.7 Å². The van der Waals surface area contributed by atoms with Crippen LogP contribution >= 0.6 is 0 Å². The third kappa shape index (κ3) is 7.45. The van der Waals surface area contributed by atoms with Crippen LogP contribution in [0.15, 0.2) is 67.9 Å². The molecule has 0 bridgehead atoms. The summed E-state index contributed by atoms with van der Waals surface area (Å²) in [5.74, 6) is 0. The summed E-state index contributed by atoms with van der Waals surface area (Å²) in [5.41, 5.74) is 2.26. The van der Waals surface area contributed by atoms with Crippen molar-refractivity contribution in [3.8, 4) is 0 Å². The average Bonchev–Trinajstić information content (AvgIpc) is 2.62. The fourth-order valence-corrected chi connectivity index (χ4v) is 3.03. The van der Waals surface area contributed by atoms with Gasteiger partial charge in [0.15, 0.2) is 0 Å². The van der Waals surface area contributed by atoms with Gasteiger partial charge in [0.25, 0.3) is 0 Å². The second kappa shape index (κ2) is 11.4. The maximum absolute atomic E-state index is 10.9. The molecule has 1 rings (SSSR count). The van der Waals surface area contributed by atoms with Crippen LogP contribution in [0, 0.1) is 0 Å². The topological polar surface area (TPSA) is 29.1 Å². The van der Waals surface area contributed by atoms with E-state index >= 15 is 0 Å². The first-order chi connectivity index (χ1) is 11.7. The molecule has 1 aromatic carbocycles. The first kappa shape index (κ1) is 20.0. The highest BCUT2D eigenvalue weighted by atomic mass is 16.1. The molecule has 0 radical (unpaired) electrons. The molecule has 24 heavy (non-hydrogen) atoms. The Kier molecular flexibility index (Phi) is 9.52. The fraction of sp³-hybridized carbons (Fsp3) is 0.409. The maximum atomic E-state index is 10.9. The average molecular weight is 325 g/mol. The molecule has 130 valence electrons. The van der Waals surface area contributed by atoms with Crippen molar-refractivity contribution >= 4 is 6.29 Å². The lowest BCUT2D eigenvalue weighted by molar-refractivity contribution is -0.108. The van der Waals surface area contributed by atoms with Gasteiger partial charge >= 0.3 is 0 Å². The number of hydrogen-bond donors (Lipinski definition) is 1. The normalized spacial score (nSPS) is 10.8. The molecule has 0 aliphatic carbocycles. The minimum absolute atomic E-state index is 0.100. The Morgan fingerprint density at radius 3 is 2.12 bits per heavy atom. The number of hydrogen-bond acceptors (Lipinski definition) is 2. The summed E-state index contributed by atoms with van der Waals surface area (Å²) in [4.78, 5) is 10.9. The first-order valence-corrected chi connectivity index (χ1v) is 8.81. The molecular weight excluding hydrogens is 294 g/mol. The quantitative estimate of drug-likeness (QED) is 0.368. The van der Waals surface area contributed by atoms with Crippen LogP contribution in [0.3, 0.4) is 0 Å². The van der Waals surface area contributed by atoms with E-state index in [9.17, 15) is 4.79 Å². The summed E-state index contributed by atoms with van der Waals surface area (Å²) in [7, 11) is 0. The van der Waals surface area contributed by atoms with Gasteiger partial charge in [-0.3, -0.25) is 0 Å². The first-order valence-electron chi connectivity index (χ1n) is 8.81. The Morgan fingerprint density at radius 1 is 1.00 bits per heavy atom. The van der Waals surface area contributed by atoms with Crippen molar-refractivity contribution in [2.24, 2.45) is 0 Å². The molecule has 1 aromatic rings. The summed E-state index contributed by atoms with van der Waals surface area (Å²) < 4.78 is 0. The van der Waals surface area contributed by atoms with Crippen molar-refractivity contribution in [2.45, 2.75) is 56.9 Å². The summed E-state index contributed by atoms with van der Waals surface area (Å²) in [6, 6.07) is 10.4. The van der Waals surface area contributed by atoms with Gasteiger partial charge in [0.1, 0.15) is 6.29 Å². The molecule has 0 saturated carbocycles. The highest BCUT2D eigenvalue weighted by Gasteiger charge is 2.28. The van der Waals surface area contributed by atoms with E-state index in [0.717, 1.165) is 56.9 Å². The summed E-state index contributed by atoms with van der Waals surface area (Å²) >= 11 is 0. The van der Waals surface area contributed by atoms with Gasteiger partial charge in [-0.05, 0) is 50.5 Å². The zero-order valence-electron chi connectivity index (χ0n) is 14.8. The van der Waals surface area contributed by atoms with Gasteiger partial charge in [-0.25, -0.2) is 0 Å². The van der Waals surface area contributed by atoms with Gasteiger partial charge in [-0.2, -0.15) is 0 Å². The summed E-state index contributed by atoms with van der Waals surface area (Å²) in [5, 5.41) is 3.66. The molecule has 0 aromatic heterocycles. The van der Waals surface area contributed by atoms with Gasteiger partial charge in [0.2, 0.25) is 0 Å². The number of nitrogens with one attached hydrogen (secondary N) is 1. The van der Waals surface area contributed by atoms with Crippen LogP contribution in [-0.2, 0) is 11.2 Å². The summed E-state index contributed by atoms with van der Waals surface area (Å²) in [6.45, 7) is 11.9. The fourth-order valence-electron chi connectivity index (χ4n) is 3.03. The van der Waals surface area contributed by atoms with Crippen LogP contribution in [0.25, 0.3) is 0 Å². The third-order valence-corrected chi connectivity index (χ3v) is 4.39. The molecule has 2 heteroatoms. The monoisotopic (exact) mass is 325 g/mol. The molecular formula is C22H31NO. The molecule has 0 aliphatic heterocycles. The predicted molar refractivity (Wildman–Crippen MR) is 104 cm³/mol. The number of rotatable bonds is 14. The second-order valence-electron chi connectivity index (χ2n) is 6.35. The molecule has 0 atom stereocenters. The van der Waals surface area contributed by atoms with E-state index in [4.69, 9.17) is 0 Å². The van der Waals surface area contributed by atoms with Crippen molar-refractivity contribution in [1.29, 1.82) is 0 Å². The van der Waals surface area contributed by atoms with Crippen LogP contribution in [0.2, 0.25) is 0 Å². The van der Waals surface area contributed by atoms with Crippen molar-refractivity contribution in [3.05, 3.63) is 73.5 Å². The maximum Gasteiger partial charge on any atom is 0.120 e. The number of allylic oxidation sites excluding steroid dienone is 3. The Bertz CT molecular complexity index is 487. The standard InChI is InChI=1S/C22H31NO/c1-4-6-16-22(17-7-5-2,18-11-19-24)23-20(3)14-15-21-12-9-8-10-13-21/h4-5,8-10,12-13,19,23H,1-3,6-7,11,14-18H2. The second-order valence-corrected chi connectivity index (χ2v) is 6.35. The largest absolute Gasteiger partial charge is 0.383 e. The summed E-state index contributed by atoms with van der Waals surface area (Å²) in [6.07, 6.45) is 11.9. The van der Waals surface area contributed by atoms with Crippen molar-refractivity contribution < 1.29 is 4.79 Å². The molecule has 1 N–H and O–H groups in total. The molecule has 0 fully saturated rings. The minimum Gasteiger partial charge on any atom is -0.383 e. The lowest BCUT2D eigenvalue weighted by Gasteiger charge is -2.36. The van der Waals surface area contributed by atoms with E-state index in [2.05, 4.69) is 49.3 Å². The predicted octanol–water partition coefficient (Wildman–Crippen LogP) is 5.37. The van der Waals surface area contributed by atoms with E-state index < -0.39 is 0 Å². The van der Waals surface area contributed by atoms with Crippen LogP contribution in [0.4, 0.5) is 0 Å². The number of aryl methyl sites for hydroxylation is 1. The smallest absolute Gasteiger partial charge is 0.120 e. The number of benzene rings is 1. The van der Waals surface area contributed by atoms with E-state index in [1.165, 1.54) is 5.56 Å². The van der Waals surface area contributed by atoms with Crippen molar-refractivity contribution in [2.75, 3.05) is 0 Å². The third-order valence-electron chi connectivity index (χ3n) is 4.39. The van der Waals surface area contributed by atoms with Gasteiger partial charge in [-0.1, -0.05) is 49.1 Å². The molecule has 0 amide bonds. The van der Waals surface area contributed by atoms with Crippen molar-refractivity contribution in [1.82, 2.24) is 5.32 Å². The van der Waals surface area contributed by atoms with Crippen LogP contribution < -0.4 is 5.32 Å².